The van der Waals surface area contributed by atoms with Crippen molar-refractivity contribution in [3.8, 4) is 5.75 Å². The molecule has 0 bridgehead atoms. The van der Waals surface area contributed by atoms with Gasteiger partial charge in [0.2, 0.25) is 0 Å². The fourth-order valence-electron chi connectivity index (χ4n) is 5.07. The van der Waals surface area contributed by atoms with Gasteiger partial charge in [0, 0.05) is 11.1 Å². The zero-order chi connectivity index (χ0) is 29.3. The Balaban J connectivity index is 1.16. The molecular formula is C34H32N2O5S. The highest BCUT2D eigenvalue weighted by molar-refractivity contribution is 7.16. The molecule has 0 aliphatic heterocycles. The van der Waals surface area contributed by atoms with E-state index in [2.05, 4.69) is 17.3 Å². The highest BCUT2D eigenvalue weighted by Gasteiger charge is 2.18. The van der Waals surface area contributed by atoms with Crippen LogP contribution in [0.1, 0.15) is 35.1 Å². The number of oxime groups is 1. The Morgan fingerprint density at radius 3 is 2.29 bits per heavy atom. The number of rotatable bonds is 13. The summed E-state index contributed by atoms with van der Waals surface area (Å²) in [6.07, 6.45) is 2.78. The van der Waals surface area contributed by atoms with Gasteiger partial charge in [0.1, 0.15) is 18.1 Å². The van der Waals surface area contributed by atoms with Gasteiger partial charge in [-0.15, -0.1) is 0 Å². The largest absolute Gasteiger partial charge is 0.492 e. The second-order valence-corrected chi connectivity index (χ2v) is 11.1. The quantitative estimate of drug-likeness (QED) is 0.0924. The van der Waals surface area contributed by atoms with Crippen molar-refractivity contribution in [1.82, 2.24) is 4.57 Å². The highest BCUT2D eigenvalue weighted by atomic mass is 32.1. The molecular weight excluding hydrogens is 548 g/mol. The zero-order valence-corrected chi connectivity index (χ0v) is 23.9. The minimum absolute atomic E-state index is 0.0877. The molecule has 1 heterocycles. The molecule has 1 unspecified atom stereocenters. The van der Waals surface area contributed by atoms with Gasteiger partial charge in [0.15, 0.2) is 0 Å². The van der Waals surface area contributed by atoms with E-state index >= 15 is 0 Å². The molecule has 0 saturated carbocycles. The van der Waals surface area contributed by atoms with Gasteiger partial charge in [0.05, 0.1) is 22.7 Å². The van der Waals surface area contributed by atoms with Gasteiger partial charge in [-0.2, -0.15) is 0 Å². The van der Waals surface area contributed by atoms with Crippen LogP contribution in [0.5, 0.6) is 5.75 Å². The van der Waals surface area contributed by atoms with Crippen molar-refractivity contribution in [3.05, 3.63) is 135 Å². The van der Waals surface area contributed by atoms with Crippen molar-refractivity contribution >= 4 is 33.2 Å². The van der Waals surface area contributed by atoms with Crippen LogP contribution in [0.25, 0.3) is 10.2 Å². The van der Waals surface area contributed by atoms with E-state index in [1.54, 1.807) is 4.57 Å². The van der Waals surface area contributed by atoms with Gasteiger partial charge < -0.3 is 15.1 Å². The van der Waals surface area contributed by atoms with Crippen molar-refractivity contribution in [3.63, 3.8) is 0 Å². The molecule has 0 amide bonds. The van der Waals surface area contributed by atoms with E-state index in [9.17, 15) is 19.9 Å². The van der Waals surface area contributed by atoms with E-state index in [-0.39, 0.29) is 4.87 Å². The summed E-state index contributed by atoms with van der Waals surface area (Å²) in [4.78, 5) is 24.5. The maximum Gasteiger partial charge on any atom is 0.308 e. The second-order valence-electron chi connectivity index (χ2n) is 10.1. The summed E-state index contributed by atoms with van der Waals surface area (Å²) in [6.45, 7) is 0.680. The smallest absolute Gasteiger partial charge is 0.308 e. The Kier molecular flexibility index (Phi) is 9.46. The van der Waals surface area contributed by atoms with Crippen LogP contribution in [0, 0.1) is 5.92 Å². The lowest BCUT2D eigenvalue weighted by atomic mass is 9.93. The minimum atomic E-state index is -0.774. The summed E-state index contributed by atoms with van der Waals surface area (Å²) in [5, 5.41) is 22.8. The molecule has 0 aliphatic carbocycles. The normalized spacial score (nSPS) is 12.3. The monoisotopic (exact) mass is 580 g/mol. The fourth-order valence-corrected chi connectivity index (χ4v) is 6.03. The molecule has 5 aromatic rings. The molecule has 0 aliphatic rings. The Morgan fingerprint density at radius 1 is 0.881 bits per heavy atom. The summed E-state index contributed by atoms with van der Waals surface area (Å²) in [6, 6.07) is 32.6. The number of fused-ring (bicyclic) bond motifs is 1. The van der Waals surface area contributed by atoms with E-state index in [0.29, 0.717) is 37.5 Å². The summed E-state index contributed by atoms with van der Waals surface area (Å²) >= 11 is 1.14. The van der Waals surface area contributed by atoms with Crippen LogP contribution in [0.4, 0.5) is 0 Å². The third kappa shape index (κ3) is 7.14. The number of aryl methyl sites for hydroxylation is 1. The molecule has 1 aromatic heterocycles. The molecule has 8 heteroatoms. The maximum atomic E-state index is 12.8. The number of hydrogen-bond acceptors (Lipinski definition) is 6. The molecule has 0 radical (unpaired) electrons. The topological polar surface area (TPSA) is 101 Å². The van der Waals surface area contributed by atoms with Crippen LogP contribution >= 0.6 is 11.3 Å². The van der Waals surface area contributed by atoms with Crippen molar-refractivity contribution in [1.29, 1.82) is 0 Å². The first-order valence-corrected chi connectivity index (χ1v) is 14.7. The number of thiazole rings is 1. The summed E-state index contributed by atoms with van der Waals surface area (Å²) in [5.74, 6) is -0.549. The molecule has 7 nitrogen and oxygen atoms in total. The third-order valence-corrected chi connectivity index (χ3v) is 8.23. The third-order valence-electron chi connectivity index (χ3n) is 7.29. The molecule has 1 atom stereocenters. The van der Waals surface area contributed by atoms with E-state index in [0.717, 1.165) is 51.1 Å². The SMILES string of the molecule is O=C(O)C(CCCc1ccccc1)Cc1ccc(OCCn2c(=O)sc3cc(/C(=N/O)c4ccccc4)ccc32)cc1. The number of ether oxygens (including phenoxy) is 1. The number of carboxylic acid groups (broad SMARTS) is 1. The van der Waals surface area contributed by atoms with E-state index in [1.807, 2.05) is 91.0 Å². The lowest BCUT2D eigenvalue weighted by molar-refractivity contribution is -0.142. The summed E-state index contributed by atoms with van der Waals surface area (Å²) in [5.41, 5.74) is 4.92. The predicted molar refractivity (Wildman–Crippen MR) is 166 cm³/mol. The Labute approximate surface area is 248 Å². The Morgan fingerprint density at radius 2 is 1.60 bits per heavy atom. The first kappa shape index (κ1) is 28.8. The molecule has 42 heavy (non-hydrogen) atoms. The van der Waals surface area contributed by atoms with Crippen LogP contribution in [0.2, 0.25) is 0 Å². The van der Waals surface area contributed by atoms with E-state index in [4.69, 9.17) is 4.74 Å². The number of hydrogen-bond donors (Lipinski definition) is 2. The Bertz CT molecular complexity index is 1710. The van der Waals surface area contributed by atoms with Crippen molar-refractivity contribution in [2.75, 3.05) is 6.61 Å². The standard InChI is InChI=1S/C34H32N2O5S/c37-33(38)28(13-7-10-24-8-3-1-4-9-24)22-25-14-17-29(18-15-25)41-21-20-36-30-19-16-27(23-31(30)42-34(36)39)32(35-40)26-11-5-2-6-12-26/h1-6,8-9,11-12,14-19,23,28,40H,7,10,13,20-22H2,(H,37,38)/b35-32+. The number of aromatic nitrogens is 1. The van der Waals surface area contributed by atoms with Crippen LogP contribution in [0.15, 0.2) is 113 Å². The van der Waals surface area contributed by atoms with E-state index in [1.165, 1.54) is 5.56 Å². The van der Waals surface area contributed by atoms with Crippen molar-refractivity contribution in [2.45, 2.75) is 32.2 Å². The molecule has 0 saturated heterocycles. The van der Waals surface area contributed by atoms with Crippen LogP contribution in [-0.2, 0) is 24.2 Å². The van der Waals surface area contributed by atoms with Crippen molar-refractivity contribution in [2.24, 2.45) is 11.1 Å². The number of nitrogens with zero attached hydrogens (tertiary/aromatic N) is 2. The number of carboxylic acids is 1. The van der Waals surface area contributed by atoms with Gasteiger partial charge in [-0.05, 0) is 61.1 Å². The second kappa shape index (κ2) is 13.8. The van der Waals surface area contributed by atoms with Crippen LogP contribution < -0.4 is 9.61 Å². The highest BCUT2D eigenvalue weighted by Crippen LogP contribution is 2.23. The fraction of sp³-hybridized carbons (Fsp3) is 0.206. The molecule has 0 fully saturated rings. The van der Waals surface area contributed by atoms with E-state index < -0.39 is 11.9 Å². The lowest BCUT2D eigenvalue weighted by Crippen LogP contribution is -2.18. The van der Waals surface area contributed by atoms with Crippen LogP contribution in [0.3, 0.4) is 0 Å². The number of carbonyl (C=O) groups is 1. The summed E-state index contributed by atoms with van der Waals surface area (Å²) in [7, 11) is 0. The van der Waals surface area contributed by atoms with Gasteiger partial charge in [0.25, 0.3) is 0 Å². The molecule has 2 N–H and O–H groups in total. The van der Waals surface area contributed by atoms with Gasteiger partial charge in [-0.1, -0.05) is 95.4 Å². The number of aliphatic carboxylic acids is 1. The summed E-state index contributed by atoms with van der Waals surface area (Å²) < 4.78 is 8.40. The van der Waals surface area contributed by atoms with Crippen molar-refractivity contribution < 1.29 is 19.8 Å². The first-order chi connectivity index (χ1) is 20.5. The maximum absolute atomic E-state index is 12.8. The molecule has 214 valence electrons. The first-order valence-electron chi connectivity index (χ1n) is 13.9. The lowest BCUT2D eigenvalue weighted by Gasteiger charge is -2.13. The molecule has 4 aromatic carbocycles. The number of benzene rings is 4. The van der Waals surface area contributed by atoms with Gasteiger partial charge in [-0.25, -0.2) is 0 Å². The molecule has 0 spiro atoms. The molecule has 5 rings (SSSR count). The minimum Gasteiger partial charge on any atom is -0.492 e. The zero-order valence-electron chi connectivity index (χ0n) is 23.1. The van der Waals surface area contributed by atoms with Gasteiger partial charge in [-0.3, -0.25) is 14.2 Å². The predicted octanol–water partition coefficient (Wildman–Crippen LogP) is 6.63. The van der Waals surface area contributed by atoms with Gasteiger partial charge >= 0.3 is 10.8 Å². The van der Waals surface area contributed by atoms with Crippen LogP contribution in [-0.4, -0.2) is 33.2 Å². The average molecular weight is 581 g/mol. The average Bonchev–Trinajstić information content (AvgIpc) is 3.33. The Hall–Kier alpha value is -4.69.